The molecule has 1 rings (SSSR count). The topological polar surface area (TPSA) is 9.23 Å². The number of rotatable bonds is 8. The minimum Gasteiger partial charge on any atom is -0.378 e. The summed E-state index contributed by atoms with van der Waals surface area (Å²) in [4.78, 5) is 0. The van der Waals surface area contributed by atoms with Crippen LogP contribution in [0.4, 0.5) is 0 Å². The van der Waals surface area contributed by atoms with Gasteiger partial charge in [0, 0.05) is 0 Å². The molecule has 1 saturated carbocycles. The molecule has 1 fully saturated rings. The third kappa shape index (κ3) is 7.37. The lowest BCUT2D eigenvalue weighted by molar-refractivity contribution is 0.0492. The molecule has 1 nitrogen and oxygen atoms in total. The van der Waals surface area contributed by atoms with Crippen LogP contribution in [0.2, 0.25) is 0 Å². The van der Waals surface area contributed by atoms with Gasteiger partial charge in [-0.15, -0.1) is 0 Å². The number of ether oxygens (including phenoxy) is 1. The monoisotopic (exact) mass is 262 g/mol. The van der Waals surface area contributed by atoms with Crippen molar-refractivity contribution in [3.63, 3.8) is 0 Å². The second-order valence-electron chi connectivity index (χ2n) is 5.71. The van der Waals surface area contributed by atoms with Crippen molar-refractivity contribution in [1.82, 2.24) is 0 Å². The fourth-order valence-corrected chi connectivity index (χ4v) is 2.92. The van der Waals surface area contributed by atoms with Crippen LogP contribution in [-0.2, 0) is 4.74 Å². The van der Waals surface area contributed by atoms with E-state index in [-0.39, 0.29) is 0 Å². The molecule has 1 aliphatic rings. The van der Waals surface area contributed by atoms with Gasteiger partial charge < -0.3 is 4.74 Å². The first-order valence-corrected chi connectivity index (χ1v) is 7.82. The lowest BCUT2D eigenvalue weighted by atomic mass is 9.94. The summed E-state index contributed by atoms with van der Waals surface area (Å²) in [6.07, 6.45) is 16.8. The predicted molar refractivity (Wildman–Crippen MR) is 84.3 cm³/mol. The Hall–Kier alpha value is -0.820. The summed E-state index contributed by atoms with van der Waals surface area (Å²) in [5.41, 5.74) is 1.21. The van der Waals surface area contributed by atoms with Gasteiger partial charge in [-0.25, -0.2) is 0 Å². The Kier molecular flexibility index (Phi) is 8.57. The molecule has 0 aliphatic heterocycles. The van der Waals surface area contributed by atoms with Crippen LogP contribution in [0.25, 0.3) is 0 Å². The predicted octanol–water partition coefficient (Wildman–Crippen LogP) is 5.44. The quantitative estimate of drug-likeness (QED) is 0.418. The fourth-order valence-electron chi connectivity index (χ4n) is 2.92. The smallest absolute Gasteiger partial charge is 0.0549 e. The molecule has 0 aromatic heterocycles. The van der Waals surface area contributed by atoms with Gasteiger partial charge in [-0.2, -0.15) is 0 Å². The average Bonchev–Trinajstić information content (AvgIpc) is 2.66. The minimum absolute atomic E-state index is 0.387. The number of hydrogen-bond acceptors (Lipinski definition) is 1. The highest BCUT2D eigenvalue weighted by Gasteiger charge is 2.15. The maximum absolute atomic E-state index is 5.94. The maximum Gasteiger partial charge on any atom is 0.0549 e. The summed E-state index contributed by atoms with van der Waals surface area (Å²) in [7, 11) is 0. The van der Waals surface area contributed by atoms with E-state index in [4.69, 9.17) is 4.74 Å². The summed E-state index contributed by atoms with van der Waals surface area (Å²) >= 11 is 0. The molecule has 108 valence electrons. The maximum atomic E-state index is 5.94. The molecule has 0 radical (unpaired) electrons. The zero-order valence-electron chi connectivity index (χ0n) is 12.6. The van der Waals surface area contributed by atoms with Crippen LogP contribution in [0.1, 0.15) is 58.3 Å². The van der Waals surface area contributed by atoms with Gasteiger partial charge in [-0.1, -0.05) is 69.9 Å². The number of hydrogen-bond donors (Lipinski definition) is 0. The van der Waals surface area contributed by atoms with Crippen LogP contribution in [-0.4, -0.2) is 12.7 Å². The molecule has 0 spiro atoms. The van der Waals surface area contributed by atoms with Crippen molar-refractivity contribution in [1.29, 1.82) is 0 Å². The molecule has 1 heteroatoms. The first-order valence-electron chi connectivity index (χ1n) is 7.82. The molecule has 0 saturated heterocycles. The van der Waals surface area contributed by atoms with Crippen LogP contribution in [0.5, 0.6) is 0 Å². The highest BCUT2D eigenvalue weighted by atomic mass is 16.5. The van der Waals surface area contributed by atoms with Crippen molar-refractivity contribution >= 4 is 0 Å². The van der Waals surface area contributed by atoms with Gasteiger partial charge in [0.1, 0.15) is 0 Å². The Morgan fingerprint density at radius 1 is 1.21 bits per heavy atom. The third-order valence-corrected chi connectivity index (χ3v) is 4.03. The first-order chi connectivity index (χ1) is 9.26. The molecule has 1 aliphatic carbocycles. The van der Waals surface area contributed by atoms with Crippen molar-refractivity contribution in [3.8, 4) is 0 Å². The largest absolute Gasteiger partial charge is 0.378 e. The molecule has 0 aromatic carbocycles. The van der Waals surface area contributed by atoms with Gasteiger partial charge >= 0.3 is 0 Å². The Morgan fingerprint density at radius 3 is 2.47 bits per heavy atom. The highest BCUT2D eigenvalue weighted by Crippen LogP contribution is 2.27. The second-order valence-corrected chi connectivity index (χ2v) is 5.71. The molecular weight excluding hydrogens is 232 g/mol. The summed E-state index contributed by atoms with van der Waals surface area (Å²) in [6.45, 7) is 10.5. The van der Waals surface area contributed by atoms with Crippen LogP contribution in [0.15, 0.2) is 37.0 Å². The summed E-state index contributed by atoms with van der Waals surface area (Å²) in [5.74, 6) is 0.889. The van der Waals surface area contributed by atoms with E-state index in [1.165, 1.54) is 50.5 Å². The Labute approximate surface area is 119 Å². The van der Waals surface area contributed by atoms with Gasteiger partial charge in [0.15, 0.2) is 0 Å². The molecule has 0 amide bonds. The molecule has 0 heterocycles. The van der Waals surface area contributed by atoms with Gasteiger partial charge in [-0.05, 0) is 31.3 Å². The number of allylic oxidation sites excluding steroid dienone is 3. The molecule has 1 atom stereocenters. The molecule has 0 aromatic rings. The lowest BCUT2D eigenvalue weighted by Crippen LogP contribution is -2.15. The van der Waals surface area contributed by atoms with E-state index in [1.807, 2.05) is 18.2 Å². The minimum atomic E-state index is 0.387. The van der Waals surface area contributed by atoms with Gasteiger partial charge in [0.05, 0.1) is 12.7 Å². The molecule has 1 unspecified atom stereocenters. The van der Waals surface area contributed by atoms with Crippen molar-refractivity contribution in [2.45, 2.75) is 64.4 Å². The second kappa shape index (κ2) is 10.0. The van der Waals surface area contributed by atoms with Crippen LogP contribution >= 0.6 is 0 Å². The summed E-state index contributed by atoms with van der Waals surface area (Å²) in [5, 5.41) is 0. The van der Waals surface area contributed by atoms with Crippen molar-refractivity contribution in [3.05, 3.63) is 37.0 Å². The highest BCUT2D eigenvalue weighted by molar-refractivity contribution is 5.20. The normalized spacial score (nSPS) is 19.7. The van der Waals surface area contributed by atoms with Crippen LogP contribution < -0.4 is 0 Å². The van der Waals surface area contributed by atoms with E-state index >= 15 is 0 Å². The zero-order chi connectivity index (χ0) is 13.9. The van der Waals surface area contributed by atoms with Gasteiger partial charge in [0.25, 0.3) is 0 Å². The van der Waals surface area contributed by atoms with E-state index in [1.54, 1.807) is 0 Å². The van der Waals surface area contributed by atoms with E-state index in [2.05, 4.69) is 20.1 Å². The summed E-state index contributed by atoms with van der Waals surface area (Å²) in [6, 6.07) is 0. The van der Waals surface area contributed by atoms with Crippen molar-refractivity contribution in [2.75, 3.05) is 6.61 Å². The lowest BCUT2D eigenvalue weighted by Gasteiger charge is -2.20. The van der Waals surface area contributed by atoms with E-state index in [9.17, 15) is 0 Å². The van der Waals surface area contributed by atoms with E-state index < -0.39 is 0 Å². The summed E-state index contributed by atoms with van der Waals surface area (Å²) < 4.78 is 5.94. The Morgan fingerprint density at radius 2 is 1.89 bits per heavy atom. The van der Waals surface area contributed by atoms with E-state index in [0.29, 0.717) is 6.10 Å². The van der Waals surface area contributed by atoms with Crippen molar-refractivity contribution < 1.29 is 4.74 Å². The Balaban J connectivity index is 2.19. The molecule has 0 N–H and O–H groups in total. The van der Waals surface area contributed by atoms with Crippen LogP contribution in [0.3, 0.4) is 0 Å². The standard InChI is InChI=1S/C18H30O/c1-4-10-17(5-2)13-14-19-16(3)15-18-11-8-6-7-9-12-18/h4-5,10,16,18H,1-2,6-9,11-15H2,3H3/b17-10+. The van der Waals surface area contributed by atoms with E-state index in [0.717, 1.165) is 18.9 Å². The molecule has 0 bridgehead atoms. The molecule has 19 heavy (non-hydrogen) atoms. The van der Waals surface area contributed by atoms with Crippen molar-refractivity contribution in [2.24, 2.45) is 5.92 Å². The van der Waals surface area contributed by atoms with Crippen LogP contribution in [0, 0.1) is 5.92 Å². The van der Waals surface area contributed by atoms with Gasteiger partial charge in [0.2, 0.25) is 0 Å². The zero-order valence-corrected chi connectivity index (χ0v) is 12.6. The molecular formula is C18H30O. The fraction of sp³-hybridized carbons (Fsp3) is 0.667. The average molecular weight is 262 g/mol. The SMILES string of the molecule is C=C/C=C(\C=C)CCOC(C)CC1CCCCCC1. The van der Waals surface area contributed by atoms with Gasteiger partial charge in [-0.3, -0.25) is 0 Å². The Bertz CT molecular complexity index is 282. The first kappa shape index (κ1) is 16.2. The third-order valence-electron chi connectivity index (χ3n) is 4.03.